The molecule has 0 saturated carbocycles. The average Bonchev–Trinajstić information content (AvgIpc) is 2.86. The zero-order valence-corrected chi connectivity index (χ0v) is 16.2. The molecule has 1 aromatic rings. The molecule has 0 radical (unpaired) electrons. The van der Waals surface area contributed by atoms with Crippen LogP contribution in [0.5, 0.6) is 0 Å². The standard InChI is InChI=1S/C19H30N2O3S/c1-3-4-16-25(23,24)21-13-5-12-20(14-15-21)19(22)11-10-18-8-6-17(2)7-9-18/h6-9H,3-5,10-16H2,1-2H3. The maximum atomic E-state index is 12.5. The van der Waals surface area contributed by atoms with E-state index in [1.807, 2.05) is 18.7 Å². The maximum Gasteiger partial charge on any atom is 0.222 e. The van der Waals surface area contributed by atoms with Gasteiger partial charge in [0.1, 0.15) is 0 Å². The Kier molecular flexibility index (Phi) is 7.44. The molecule has 0 unspecified atom stereocenters. The van der Waals surface area contributed by atoms with Gasteiger partial charge in [0.25, 0.3) is 0 Å². The number of sulfonamides is 1. The van der Waals surface area contributed by atoms with E-state index >= 15 is 0 Å². The van der Waals surface area contributed by atoms with Gasteiger partial charge in [-0.05, 0) is 31.7 Å². The van der Waals surface area contributed by atoms with Crippen LogP contribution >= 0.6 is 0 Å². The Bertz CT molecular complexity index is 656. The molecule has 0 N–H and O–H groups in total. The van der Waals surface area contributed by atoms with Crippen molar-refractivity contribution < 1.29 is 13.2 Å². The molecule has 0 aliphatic carbocycles. The number of unbranched alkanes of at least 4 members (excludes halogenated alkanes) is 1. The lowest BCUT2D eigenvalue weighted by Gasteiger charge is -2.22. The van der Waals surface area contributed by atoms with Gasteiger partial charge in [-0.25, -0.2) is 12.7 Å². The van der Waals surface area contributed by atoms with Crippen LogP contribution in [0, 0.1) is 6.92 Å². The summed E-state index contributed by atoms with van der Waals surface area (Å²) in [5, 5.41) is 0. The molecule has 0 spiro atoms. The van der Waals surface area contributed by atoms with Crippen LogP contribution in [-0.4, -0.2) is 55.5 Å². The van der Waals surface area contributed by atoms with Gasteiger partial charge >= 0.3 is 0 Å². The van der Waals surface area contributed by atoms with Crippen molar-refractivity contribution in [2.45, 2.75) is 46.0 Å². The van der Waals surface area contributed by atoms with E-state index in [4.69, 9.17) is 0 Å². The molecule has 5 nitrogen and oxygen atoms in total. The zero-order chi connectivity index (χ0) is 18.3. The Labute approximate surface area is 152 Å². The van der Waals surface area contributed by atoms with Crippen molar-refractivity contribution in [2.24, 2.45) is 0 Å². The summed E-state index contributed by atoms with van der Waals surface area (Å²) in [4.78, 5) is 14.3. The zero-order valence-electron chi connectivity index (χ0n) is 15.4. The fraction of sp³-hybridized carbons (Fsp3) is 0.632. The lowest BCUT2D eigenvalue weighted by molar-refractivity contribution is -0.131. The van der Waals surface area contributed by atoms with E-state index in [0.29, 0.717) is 45.4 Å². The van der Waals surface area contributed by atoms with E-state index < -0.39 is 10.0 Å². The summed E-state index contributed by atoms with van der Waals surface area (Å²) in [6.45, 7) is 6.12. The van der Waals surface area contributed by atoms with Crippen molar-refractivity contribution in [1.82, 2.24) is 9.21 Å². The fourth-order valence-corrected chi connectivity index (χ4v) is 4.72. The maximum absolute atomic E-state index is 12.5. The molecule has 1 aliphatic rings. The summed E-state index contributed by atoms with van der Waals surface area (Å²) in [6, 6.07) is 8.25. The molecule has 0 bridgehead atoms. The van der Waals surface area contributed by atoms with Crippen LogP contribution < -0.4 is 0 Å². The highest BCUT2D eigenvalue weighted by atomic mass is 32.2. The minimum absolute atomic E-state index is 0.119. The van der Waals surface area contributed by atoms with Gasteiger partial charge in [0.2, 0.25) is 15.9 Å². The minimum atomic E-state index is -3.18. The second-order valence-electron chi connectivity index (χ2n) is 6.79. The molecule has 1 saturated heterocycles. The van der Waals surface area contributed by atoms with Crippen LogP contribution in [0.1, 0.15) is 43.7 Å². The van der Waals surface area contributed by atoms with E-state index in [9.17, 15) is 13.2 Å². The van der Waals surface area contributed by atoms with Crippen molar-refractivity contribution in [1.29, 1.82) is 0 Å². The first-order valence-corrected chi connectivity index (χ1v) is 10.8. The summed E-state index contributed by atoms with van der Waals surface area (Å²) in [5.74, 6) is 0.332. The topological polar surface area (TPSA) is 57.7 Å². The molecule has 1 fully saturated rings. The van der Waals surface area contributed by atoms with Gasteiger partial charge in [-0.1, -0.05) is 43.2 Å². The van der Waals surface area contributed by atoms with Gasteiger partial charge in [-0.3, -0.25) is 4.79 Å². The summed E-state index contributed by atoms with van der Waals surface area (Å²) in [6.07, 6.45) is 3.48. The third kappa shape index (κ3) is 6.12. The number of hydrogen-bond acceptors (Lipinski definition) is 3. The van der Waals surface area contributed by atoms with Crippen molar-refractivity contribution in [3.8, 4) is 0 Å². The number of carbonyl (C=O) groups excluding carboxylic acids is 1. The molecule has 2 rings (SSSR count). The van der Waals surface area contributed by atoms with E-state index in [1.54, 1.807) is 4.31 Å². The normalized spacial score (nSPS) is 16.6. The highest BCUT2D eigenvalue weighted by Crippen LogP contribution is 2.13. The van der Waals surface area contributed by atoms with Crippen LogP contribution in [0.2, 0.25) is 0 Å². The fourth-order valence-electron chi connectivity index (χ4n) is 3.04. The van der Waals surface area contributed by atoms with Crippen LogP contribution in [0.3, 0.4) is 0 Å². The Morgan fingerprint density at radius 1 is 1.08 bits per heavy atom. The third-order valence-electron chi connectivity index (χ3n) is 4.70. The highest BCUT2D eigenvalue weighted by molar-refractivity contribution is 7.89. The van der Waals surface area contributed by atoms with Gasteiger partial charge in [-0.15, -0.1) is 0 Å². The summed E-state index contributed by atoms with van der Waals surface area (Å²) in [5.41, 5.74) is 2.38. The van der Waals surface area contributed by atoms with Gasteiger partial charge in [0.15, 0.2) is 0 Å². The largest absolute Gasteiger partial charge is 0.341 e. The van der Waals surface area contributed by atoms with Gasteiger partial charge in [-0.2, -0.15) is 0 Å². The molecule has 1 heterocycles. The quantitative estimate of drug-likeness (QED) is 0.745. The molecule has 1 aliphatic heterocycles. The Hall–Kier alpha value is -1.40. The molecule has 140 valence electrons. The summed E-state index contributed by atoms with van der Waals surface area (Å²) < 4.78 is 26.2. The molecule has 1 amide bonds. The second kappa shape index (κ2) is 9.34. The number of amides is 1. The second-order valence-corrected chi connectivity index (χ2v) is 8.88. The van der Waals surface area contributed by atoms with Crippen molar-refractivity contribution in [2.75, 3.05) is 31.9 Å². The molecule has 25 heavy (non-hydrogen) atoms. The number of hydrogen-bond donors (Lipinski definition) is 0. The van der Waals surface area contributed by atoms with Crippen LogP contribution in [0.25, 0.3) is 0 Å². The number of nitrogens with zero attached hydrogens (tertiary/aromatic N) is 2. The molecule has 0 atom stereocenters. The van der Waals surface area contributed by atoms with Crippen molar-refractivity contribution in [3.63, 3.8) is 0 Å². The Morgan fingerprint density at radius 2 is 1.80 bits per heavy atom. The van der Waals surface area contributed by atoms with E-state index in [2.05, 4.69) is 24.3 Å². The molecule has 1 aromatic carbocycles. The van der Waals surface area contributed by atoms with Crippen LogP contribution in [-0.2, 0) is 21.2 Å². The van der Waals surface area contributed by atoms with Gasteiger partial charge < -0.3 is 4.90 Å². The summed E-state index contributed by atoms with van der Waals surface area (Å²) in [7, 11) is -3.18. The number of aryl methyl sites for hydroxylation is 2. The summed E-state index contributed by atoms with van der Waals surface area (Å²) >= 11 is 0. The Morgan fingerprint density at radius 3 is 2.48 bits per heavy atom. The first-order valence-electron chi connectivity index (χ1n) is 9.23. The first kappa shape index (κ1) is 19.9. The molecule has 0 aromatic heterocycles. The van der Waals surface area contributed by atoms with E-state index in [-0.39, 0.29) is 11.7 Å². The highest BCUT2D eigenvalue weighted by Gasteiger charge is 2.26. The SMILES string of the molecule is CCCCS(=O)(=O)N1CCCN(C(=O)CCc2ccc(C)cc2)CC1. The van der Waals surface area contributed by atoms with Crippen LogP contribution in [0.4, 0.5) is 0 Å². The minimum Gasteiger partial charge on any atom is -0.341 e. The first-order chi connectivity index (χ1) is 11.9. The van der Waals surface area contributed by atoms with Gasteiger partial charge in [0, 0.05) is 32.6 Å². The lowest BCUT2D eigenvalue weighted by Crippen LogP contribution is -2.38. The molecular formula is C19H30N2O3S. The number of rotatable bonds is 7. The lowest BCUT2D eigenvalue weighted by atomic mass is 10.1. The van der Waals surface area contributed by atoms with Crippen molar-refractivity contribution >= 4 is 15.9 Å². The predicted molar refractivity (Wildman–Crippen MR) is 101 cm³/mol. The third-order valence-corrected chi connectivity index (χ3v) is 6.66. The predicted octanol–water partition coefficient (Wildman–Crippen LogP) is 2.59. The van der Waals surface area contributed by atoms with E-state index in [1.165, 1.54) is 5.56 Å². The molecule has 6 heteroatoms. The van der Waals surface area contributed by atoms with Gasteiger partial charge in [0.05, 0.1) is 5.75 Å². The number of benzene rings is 1. The monoisotopic (exact) mass is 366 g/mol. The smallest absolute Gasteiger partial charge is 0.222 e. The number of carbonyl (C=O) groups is 1. The average molecular weight is 367 g/mol. The van der Waals surface area contributed by atoms with Crippen molar-refractivity contribution in [3.05, 3.63) is 35.4 Å². The molecular weight excluding hydrogens is 336 g/mol. The Balaban J connectivity index is 1.85. The van der Waals surface area contributed by atoms with Crippen LogP contribution in [0.15, 0.2) is 24.3 Å². The van der Waals surface area contributed by atoms with E-state index in [0.717, 1.165) is 18.4 Å².